The zero-order valence-corrected chi connectivity index (χ0v) is 15.6. The van der Waals surface area contributed by atoms with Crippen molar-refractivity contribution in [2.45, 2.75) is 25.3 Å². The summed E-state index contributed by atoms with van der Waals surface area (Å²) in [4.78, 5) is 12.5. The Hall–Kier alpha value is -2.25. The molecule has 0 spiro atoms. The van der Waals surface area contributed by atoms with Gasteiger partial charge in [0.2, 0.25) is 5.91 Å². The van der Waals surface area contributed by atoms with Crippen molar-refractivity contribution in [1.29, 1.82) is 0 Å². The normalized spacial score (nSPS) is 12.6. The van der Waals surface area contributed by atoms with Gasteiger partial charge < -0.3 is 10.6 Å². The van der Waals surface area contributed by atoms with Crippen molar-refractivity contribution in [3.8, 4) is 0 Å². The fourth-order valence-corrected chi connectivity index (χ4v) is 4.01. The molecule has 0 saturated carbocycles. The van der Waals surface area contributed by atoms with E-state index in [1.807, 2.05) is 25.1 Å². The molecule has 0 aliphatic heterocycles. The van der Waals surface area contributed by atoms with Crippen LogP contribution in [0.2, 0.25) is 0 Å². The van der Waals surface area contributed by atoms with E-state index < -0.39 is 21.6 Å². The number of sulfone groups is 1. The van der Waals surface area contributed by atoms with Gasteiger partial charge in [-0.15, -0.1) is 0 Å². The Balaban J connectivity index is 2.07. The molecule has 7 heteroatoms. The highest BCUT2D eigenvalue weighted by Gasteiger charge is 2.23. The largest absolute Gasteiger partial charge is 0.326 e. The molecule has 0 aromatic heterocycles. The van der Waals surface area contributed by atoms with E-state index >= 15 is 0 Å². The lowest BCUT2D eigenvalue weighted by Gasteiger charge is -2.15. The molecule has 0 fully saturated rings. The molecule has 0 saturated heterocycles. The molecule has 1 unspecified atom stereocenters. The van der Waals surface area contributed by atoms with E-state index in [0.29, 0.717) is 12.2 Å². The Morgan fingerprint density at radius 3 is 2.42 bits per heavy atom. The van der Waals surface area contributed by atoms with Crippen molar-refractivity contribution in [1.82, 2.24) is 5.32 Å². The number of benzene rings is 2. The Morgan fingerprint density at radius 2 is 1.77 bits per heavy atom. The second-order valence-corrected chi connectivity index (χ2v) is 8.10. The van der Waals surface area contributed by atoms with Crippen LogP contribution in [0.4, 0.5) is 10.1 Å². The van der Waals surface area contributed by atoms with Crippen molar-refractivity contribution < 1.29 is 17.6 Å². The molecule has 0 radical (unpaired) electrons. The van der Waals surface area contributed by atoms with Gasteiger partial charge in [0.25, 0.3) is 0 Å². The number of rotatable bonds is 8. The molecule has 2 aromatic rings. The first-order valence-corrected chi connectivity index (χ1v) is 10.1. The first kappa shape index (κ1) is 20.1. The lowest BCUT2D eigenvalue weighted by atomic mass is 10.1. The number of hydrogen-bond acceptors (Lipinski definition) is 4. The minimum absolute atomic E-state index is 0.00564. The lowest BCUT2D eigenvalue weighted by molar-refractivity contribution is -0.118. The van der Waals surface area contributed by atoms with Gasteiger partial charge in [-0.1, -0.05) is 32.0 Å². The van der Waals surface area contributed by atoms with E-state index in [9.17, 15) is 17.6 Å². The maximum absolute atomic E-state index is 13.0. The molecular weight excluding hydrogens is 355 g/mol. The van der Waals surface area contributed by atoms with E-state index in [4.69, 9.17) is 0 Å². The summed E-state index contributed by atoms with van der Waals surface area (Å²) in [5, 5.41) is 5.99. The van der Waals surface area contributed by atoms with Gasteiger partial charge in [-0.25, -0.2) is 12.8 Å². The average molecular weight is 378 g/mol. The van der Waals surface area contributed by atoms with Crippen molar-refractivity contribution in [2.75, 3.05) is 17.6 Å². The van der Waals surface area contributed by atoms with Gasteiger partial charge in [0.05, 0.1) is 10.6 Å². The second-order valence-electron chi connectivity index (χ2n) is 6.06. The van der Waals surface area contributed by atoms with E-state index in [1.165, 1.54) is 12.1 Å². The predicted molar refractivity (Wildman–Crippen MR) is 100 cm³/mol. The topological polar surface area (TPSA) is 75.3 Å². The van der Waals surface area contributed by atoms with E-state index in [2.05, 4.69) is 10.6 Å². The molecule has 2 rings (SSSR count). The summed E-state index contributed by atoms with van der Waals surface area (Å²) in [5.74, 6) is -1.98. The highest BCUT2D eigenvalue weighted by molar-refractivity contribution is 7.91. The minimum Gasteiger partial charge on any atom is -0.326 e. The Labute approximate surface area is 153 Å². The number of hydrogen-bond donors (Lipinski definition) is 2. The van der Waals surface area contributed by atoms with Gasteiger partial charge in [-0.05, 0) is 42.4 Å². The van der Waals surface area contributed by atoms with Crippen LogP contribution in [-0.2, 0) is 21.2 Å². The summed E-state index contributed by atoms with van der Waals surface area (Å²) in [5.41, 5.74) is 1.58. The highest BCUT2D eigenvalue weighted by Crippen LogP contribution is 2.19. The van der Waals surface area contributed by atoms with Crippen molar-refractivity contribution >= 4 is 21.4 Å². The van der Waals surface area contributed by atoms with E-state index in [-0.39, 0.29) is 16.6 Å². The maximum atomic E-state index is 13.0. The van der Waals surface area contributed by atoms with Gasteiger partial charge in [-0.3, -0.25) is 4.79 Å². The zero-order chi connectivity index (χ0) is 19.2. The minimum atomic E-state index is -3.68. The zero-order valence-electron chi connectivity index (χ0n) is 14.8. The summed E-state index contributed by atoms with van der Waals surface area (Å²) >= 11 is 0. The fourth-order valence-electron chi connectivity index (χ4n) is 2.45. The van der Waals surface area contributed by atoms with Crippen LogP contribution in [-0.4, -0.2) is 26.6 Å². The molecule has 0 aliphatic rings. The summed E-state index contributed by atoms with van der Waals surface area (Å²) in [6.07, 6.45) is 0. The second kappa shape index (κ2) is 8.91. The van der Waals surface area contributed by atoms with Gasteiger partial charge in [0, 0.05) is 18.2 Å². The Bertz CT molecular complexity index is 851. The van der Waals surface area contributed by atoms with Crippen LogP contribution in [0.25, 0.3) is 0 Å². The van der Waals surface area contributed by atoms with Gasteiger partial charge >= 0.3 is 0 Å². The van der Waals surface area contributed by atoms with Crippen LogP contribution in [0, 0.1) is 11.7 Å². The van der Waals surface area contributed by atoms with Crippen molar-refractivity contribution in [2.24, 2.45) is 5.92 Å². The molecule has 140 valence electrons. The summed E-state index contributed by atoms with van der Waals surface area (Å²) < 4.78 is 37.8. The molecule has 26 heavy (non-hydrogen) atoms. The highest BCUT2D eigenvalue weighted by atomic mass is 32.2. The molecule has 0 aliphatic carbocycles. The van der Waals surface area contributed by atoms with Crippen LogP contribution in [0.15, 0.2) is 53.4 Å². The van der Waals surface area contributed by atoms with Crippen LogP contribution in [0.3, 0.4) is 0 Å². The predicted octanol–water partition coefficient (Wildman–Crippen LogP) is 2.98. The standard InChI is InChI=1S/C19H23FN2O3S/c1-3-21-12-15-6-4-5-7-18(15)22-19(23)14(2)13-26(24,25)17-10-8-16(20)9-11-17/h4-11,14,21H,3,12-13H2,1-2H3,(H,22,23). The molecule has 1 atom stereocenters. The van der Waals surface area contributed by atoms with E-state index in [1.54, 1.807) is 13.0 Å². The molecule has 2 aromatic carbocycles. The molecular formula is C19H23FN2O3S. The van der Waals surface area contributed by atoms with Gasteiger partial charge in [0.15, 0.2) is 9.84 Å². The molecule has 0 heterocycles. The maximum Gasteiger partial charge on any atom is 0.228 e. The molecule has 0 bridgehead atoms. The van der Waals surface area contributed by atoms with Crippen LogP contribution in [0.1, 0.15) is 19.4 Å². The summed E-state index contributed by atoms with van der Waals surface area (Å²) in [6, 6.07) is 12.0. The quantitative estimate of drug-likeness (QED) is 0.693. The van der Waals surface area contributed by atoms with Crippen LogP contribution < -0.4 is 10.6 Å². The van der Waals surface area contributed by atoms with Gasteiger partial charge in [-0.2, -0.15) is 0 Å². The monoisotopic (exact) mass is 378 g/mol. The SMILES string of the molecule is CCNCc1ccccc1NC(=O)C(C)CS(=O)(=O)c1ccc(F)cc1. The fraction of sp³-hybridized carbons (Fsp3) is 0.316. The number of carbonyl (C=O) groups is 1. The number of para-hydroxylation sites is 1. The summed E-state index contributed by atoms with van der Waals surface area (Å²) in [7, 11) is -3.68. The number of nitrogens with one attached hydrogen (secondary N) is 2. The smallest absolute Gasteiger partial charge is 0.228 e. The molecule has 1 amide bonds. The third-order valence-corrected chi connectivity index (χ3v) is 5.86. The van der Waals surface area contributed by atoms with E-state index in [0.717, 1.165) is 24.2 Å². The first-order valence-electron chi connectivity index (χ1n) is 8.41. The van der Waals surface area contributed by atoms with Crippen LogP contribution in [0.5, 0.6) is 0 Å². The Kier molecular flexibility index (Phi) is 6.88. The average Bonchev–Trinajstić information content (AvgIpc) is 2.61. The molecule has 5 nitrogen and oxygen atoms in total. The summed E-state index contributed by atoms with van der Waals surface area (Å²) in [6.45, 7) is 4.96. The third-order valence-electron chi connectivity index (χ3n) is 3.93. The van der Waals surface area contributed by atoms with Crippen molar-refractivity contribution in [3.05, 3.63) is 59.9 Å². The number of halogens is 1. The first-order chi connectivity index (χ1) is 12.3. The van der Waals surface area contributed by atoms with Crippen molar-refractivity contribution in [3.63, 3.8) is 0 Å². The lowest BCUT2D eigenvalue weighted by Crippen LogP contribution is -2.27. The molecule has 2 N–H and O–H groups in total. The Morgan fingerprint density at radius 1 is 1.12 bits per heavy atom. The van der Waals surface area contributed by atoms with Gasteiger partial charge in [0.1, 0.15) is 5.82 Å². The number of amides is 1. The van der Waals surface area contributed by atoms with Crippen LogP contribution >= 0.6 is 0 Å². The third kappa shape index (κ3) is 5.37. The number of anilines is 1. The number of carbonyl (C=O) groups excluding carboxylic acids is 1.